The normalized spacial score (nSPS) is 15.5. The Kier molecular flexibility index (Phi) is 7.24. The number of nitrogens with zero attached hydrogens (tertiary/aromatic N) is 4. The van der Waals surface area contributed by atoms with Crippen LogP contribution in [-0.2, 0) is 17.8 Å². The fourth-order valence-corrected chi connectivity index (χ4v) is 4.32. The molecule has 3 amide bonds. The molecule has 0 aliphatic carbocycles. The van der Waals surface area contributed by atoms with Gasteiger partial charge in [-0.25, -0.2) is 18.1 Å². The maximum atomic E-state index is 14.9. The zero-order valence-electron chi connectivity index (χ0n) is 20.2. The van der Waals surface area contributed by atoms with Crippen molar-refractivity contribution in [2.24, 2.45) is 5.73 Å². The Morgan fingerprint density at radius 3 is 2.68 bits per heavy atom. The Hall–Kier alpha value is -4.42. The molecule has 2 aromatic carbocycles. The van der Waals surface area contributed by atoms with Crippen LogP contribution in [0.4, 0.5) is 19.3 Å². The number of hydrogen-bond acceptors (Lipinski definition) is 7. The first-order valence-corrected chi connectivity index (χ1v) is 12.0. The van der Waals surface area contributed by atoms with E-state index in [0.717, 1.165) is 31.1 Å². The van der Waals surface area contributed by atoms with Crippen molar-refractivity contribution < 1.29 is 23.1 Å². The molecule has 4 N–H and O–H groups in total. The maximum absolute atomic E-state index is 14.9. The van der Waals surface area contributed by atoms with Gasteiger partial charge in [0.05, 0.1) is 6.42 Å². The number of carbonyl (C=O) groups is 2. The van der Waals surface area contributed by atoms with Crippen LogP contribution in [0.25, 0.3) is 5.52 Å². The van der Waals surface area contributed by atoms with Gasteiger partial charge >= 0.3 is 6.03 Å². The second kappa shape index (κ2) is 10.9. The van der Waals surface area contributed by atoms with E-state index in [1.165, 1.54) is 42.7 Å². The highest BCUT2D eigenvalue weighted by Gasteiger charge is 2.22. The Morgan fingerprint density at radius 2 is 1.95 bits per heavy atom. The summed E-state index contributed by atoms with van der Waals surface area (Å²) in [5.74, 6) is -1.67. The summed E-state index contributed by atoms with van der Waals surface area (Å²) in [4.78, 5) is 30.7. The average Bonchev–Trinajstić information content (AvgIpc) is 3.48. The third-order valence-electron chi connectivity index (χ3n) is 6.13. The van der Waals surface area contributed by atoms with Gasteiger partial charge in [0.1, 0.15) is 17.7 Å². The molecule has 2 aromatic heterocycles. The van der Waals surface area contributed by atoms with Crippen molar-refractivity contribution in [3.8, 4) is 11.6 Å². The number of ether oxygens (including phenoxy) is 1. The highest BCUT2D eigenvalue weighted by Crippen LogP contribution is 2.30. The monoisotopic (exact) mass is 521 g/mol. The zero-order chi connectivity index (χ0) is 26.6. The summed E-state index contributed by atoms with van der Waals surface area (Å²) in [5, 5.41) is 8.77. The second-order valence-corrected chi connectivity index (χ2v) is 9.04. The minimum atomic E-state index is -0.831. The number of urea groups is 1. The molecule has 1 unspecified atom stereocenters. The lowest BCUT2D eigenvalue weighted by Crippen LogP contribution is -2.35. The van der Waals surface area contributed by atoms with E-state index in [4.69, 9.17) is 10.5 Å². The van der Waals surface area contributed by atoms with Crippen molar-refractivity contribution in [1.82, 2.24) is 24.8 Å². The van der Waals surface area contributed by atoms with Crippen molar-refractivity contribution >= 4 is 23.1 Å². The van der Waals surface area contributed by atoms with Crippen molar-refractivity contribution in [1.29, 1.82) is 0 Å². The van der Waals surface area contributed by atoms with Crippen LogP contribution in [0.3, 0.4) is 0 Å². The van der Waals surface area contributed by atoms with Gasteiger partial charge in [-0.15, -0.1) is 0 Å². The molecule has 3 heterocycles. The van der Waals surface area contributed by atoms with Crippen molar-refractivity contribution in [2.45, 2.75) is 25.4 Å². The Balaban J connectivity index is 1.24. The van der Waals surface area contributed by atoms with E-state index in [9.17, 15) is 18.4 Å². The summed E-state index contributed by atoms with van der Waals surface area (Å²) in [6.07, 6.45) is 3.92. The molecule has 1 aliphatic rings. The summed E-state index contributed by atoms with van der Waals surface area (Å²) >= 11 is 0. The molecule has 38 heavy (non-hydrogen) atoms. The van der Waals surface area contributed by atoms with E-state index in [1.807, 2.05) is 6.07 Å². The molecule has 0 saturated carbocycles. The molecule has 1 saturated heterocycles. The molecule has 1 aliphatic heterocycles. The fourth-order valence-electron chi connectivity index (χ4n) is 4.32. The van der Waals surface area contributed by atoms with Crippen LogP contribution in [0, 0.1) is 11.6 Å². The highest BCUT2D eigenvalue weighted by molar-refractivity contribution is 6.01. The van der Waals surface area contributed by atoms with Gasteiger partial charge in [-0.2, -0.15) is 10.1 Å². The molecule has 4 aromatic rings. The first-order valence-electron chi connectivity index (χ1n) is 12.0. The fraction of sp³-hybridized carbons (Fsp3) is 0.231. The predicted octanol–water partition coefficient (Wildman–Crippen LogP) is 3.22. The number of amides is 3. The van der Waals surface area contributed by atoms with Gasteiger partial charge in [0.2, 0.25) is 11.8 Å². The molecule has 0 bridgehead atoms. The second-order valence-electron chi connectivity index (χ2n) is 9.04. The van der Waals surface area contributed by atoms with Crippen LogP contribution >= 0.6 is 0 Å². The van der Waals surface area contributed by atoms with E-state index < -0.39 is 23.6 Å². The molecule has 12 heteroatoms. The van der Waals surface area contributed by atoms with Gasteiger partial charge in [0.15, 0.2) is 11.6 Å². The molecular formula is C26H25F2N7O3. The highest BCUT2D eigenvalue weighted by atomic mass is 19.1. The molecule has 0 radical (unpaired) electrons. The van der Waals surface area contributed by atoms with E-state index in [-0.39, 0.29) is 29.8 Å². The third kappa shape index (κ3) is 5.93. The SMILES string of the molecule is NC1CCN(Cc2ccn3ncnc(Oc4ccc(NC(=O)NC(=O)Cc5ccc(F)cc5)cc4F)c23)C1. The summed E-state index contributed by atoms with van der Waals surface area (Å²) < 4.78 is 35.3. The number of hydrogen-bond donors (Lipinski definition) is 3. The largest absolute Gasteiger partial charge is 0.434 e. The van der Waals surface area contributed by atoms with Crippen LogP contribution in [0.15, 0.2) is 61.1 Å². The summed E-state index contributed by atoms with van der Waals surface area (Å²) in [6, 6.07) is 10.4. The maximum Gasteiger partial charge on any atom is 0.325 e. The topological polar surface area (TPSA) is 127 Å². The van der Waals surface area contributed by atoms with Gasteiger partial charge in [-0.3, -0.25) is 15.0 Å². The lowest BCUT2D eigenvalue weighted by atomic mass is 10.1. The number of fused-ring (bicyclic) bond motifs is 1. The average molecular weight is 522 g/mol. The Morgan fingerprint density at radius 1 is 1.13 bits per heavy atom. The summed E-state index contributed by atoms with van der Waals surface area (Å²) in [5.41, 5.74) is 8.22. The number of aromatic nitrogens is 3. The van der Waals surface area contributed by atoms with Gasteiger partial charge in [-0.05, 0) is 47.9 Å². The van der Waals surface area contributed by atoms with E-state index >= 15 is 0 Å². The first kappa shape index (κ1) is 25.2. The van der Waals surface area contributed by atoms with E-state index in [2.05, 4.69) is 25.6 Å². The first-order chi connectivity index (χ1) is 18.3. The lowest BCUT2D eigenvalue weighted by molar-refractivity contribution is -0.119. The minimum Gasteiger partial charge on any atom is -0.434 e. The summed E-state index contributed by atoms with van der Waals surface area (Å²) in [6.45, 7) is 2.31. The number of benzene rings is 2. The number of nitrogens with one attached hydrogen (secondary N) is 2. The number of rotatable bonds is 7. The lowest BCUT2D eigenvalue weighted by Gasteiger charge is -2.15. The number of nitrogens with two attached hydrogens (primary N) is 1. The number of likely N-dealkylation sites (tertiary alicyclic amines) is 1. The van der Waals surface area contributed by atoms with Crippen LogP contribution in [0.5, 0.6) is 11.6 Å². The molecule has 10 nitrogen and oxygen atoms in total. The smallest absolute Gasteiger partial charge is 0.325 e. The zero-order valence-corrected chi connectivity index (χ0v) is 20.2. The van der Waals surface area contributed by atoms with E-state index in [1.54, 1.807) is 10.7 Å². The Labute approximate surface area is 216 Å². The third-order valence-corrected chi connectivity index (χ3v) is 6.13. The molecular weight excluding hydrogens is 496 g/mol. The molecule has 1 atom stereocenters. The van der Waals surface area contributed by atoms with Gasteiger partial charge in [-0.1, -0.05) is 12.1 Å². The van der Waals surface area contributed by atoms with Gasteiger partial charge in [0, 0.05) is 43.6 Å². The molecule has 0 spiro atoms. The number of imide groups is 1. The van der Waals surface area contributed by atoms with E-state index in [0.29, 0.717) is 17.6 Å². The van der Waals surface area contributed by atoms with Crippen LogP contribution in [0.1, 0.15) is 17.5 Å². The van der Waals surface area contributed by atoms with Crippen LogP contribution < -0.4 is 21.1 Å². The molecule has 196 valence electrons. The van der Waals surface area contributed by atoms with Gasteiger partial charge < -0.3 is 15.8 Å². The predicted molar refractivity (Wildman–Crippen MR) is 135 cm³/mol. The number of halogens is 2. The van der Waals surface area contributed by atoms with Crippen LogP contribution in [-0.4, -0.2) is 50.6 Å². The minimum absolute atomic E-state index is 0.0979. The Bertz CT molecular complexity index is 1480. The van der Waals surface area contributed by atoms with Crippen LogP contribution in [0.2, 0.25) is 0 Å². The summed E-state index contributed by atoms with van der Waals surface area (Å²) in [7, 11) is 0. The molecule has 1 fully saturated rings. The van der Waals surface area contributed by atoms with Gasteiger partial charge in [0.25, 0.3) is 0 Å². The molecule has 5 rings (SSSR count). The van der Waals surface area contributed by atoms with Crippen molar-refractivity contribution in [3.05, 3.63) is 83.8 Å². The van der Waals surface area contributed by atoms with Crippen molar-refractivity contribution in [3.63, 3.8) is 0 Å². The number of anilines is 1. The quantitative estimate of drug-likeness (QED) is 0.341. The van der Waals surface area contributed by atoms with Crippen molar-refractivity contribution in [2.75, 3.05) is 18.4 Å². The standard InChI is InChI=1S/C26H25F2N7O3/c27-18-3-1-16(2-4-18)11-23(36)33-26(37)32-20-5-6-22(21(28)12-20)38-25-24-17(7-10-35(24)31-15-30-25)13-34-9-8-19(29)14-34/h1-7,10,12,15,19H,8-9,11,13-14,29H2,(H2,32,33,36,37). The number of carbonyl (C=O) groups excluding carboxylic acids is 2.